The van der Waals surface area contributed by atoms with E-state index in [-0.39, 0.29) is 5.78 Å². The molecule has 0 fully saturated rings. The fourth-order valence-electron chi connectivity index (χ4n) is 2.41. The standard InChI is InChI=1S/C20H14N2O3/c23-18(12-11-16-4-3-13-24-16)14-7-9-15(10-8-14)21-20-22-17-5-1-2-6-19(17)25-20/h1-13H,(H,21,22)/b12-11+. The number of nitrogens with zero attached hydrogens (tertiary/aromatic N) is 1. The molecule has 0 aliphatic rings. The summed E-state index contributed by atoms with van der Waals surface area (Å²) in [6.45, 7) is 0. The van der Waals surface area contributed by atoms with E-state index in [0.29, 0.717) is 17.3 Å². The van der Waals surface area contributed by atoms with Crippen LogP contribution in [0.25, 0.3) is 17.2 Å². The minimum atomic E-state index is -0.0928. The van der Waals surface area contributed by atoms with E-state index >= 15 is 0 Å². The summed E-state index contributed by atoms with van der Waals surface area (Å²) in [5, 5.41) is 3.09. The average molecular weight is 330 g/mol. The third-order valence-corrected chi connectivity index (χ3v) is 3.66. The van der Waals surface area contributed by atoms with Gasteiger partial charge in [-0.3, -0.25) is 4.79 Å². The number of oxazole rings is 1. The van der Waals surface area contributed by atoms with E-state index in [4.69, 9.17) is 8.83 Å². The quantitative estimate of drug-likeness (QED) is 0.409. The number of hydrogen-bond acceptors (Lipinski definition) is 5. The summed E-state index contributed by atoms with van der Waals surface area (Å²) in [4.78, 5) is 16.5. The molecule has 2 aromatic heterocycles. The highest BCUT2D eigenvalue weighted by Crippen LogP contribution is 2.22. The molecule has 0 aliphatic heterocycles. The van der Waals surface area contributed by atoms with Gasteiger partial charge < -0.3 is 14.2 Å². The lowest BCUT2D eigenvalue weighted by molar-refractivity contribution is 0.104. The Morgan fingerprint density at radius 1 is 1.00 bits per heavy atom. The summed E-state index contributed by atoms with van der Waals surface area (Å²) in [7, 11) is 0. The van der Waals surface area contributed by atoms with Crippen LogP contribution in [0.1, 0.15) is 16.1 Å². The highest BCUT2D eigenvalue weighted by atomic mass is 16.4. The maximum atomic E-state index is 12.1. The topological polar surface area (TPSA) is 68.3 Å². The van der Waals surface area contributed by atoms with Gasteiger partial charge in [-0.05, 0) is 60.7 Å². The van der Waals surface area contributed by atoms with E-state index < -0.39 is 0 Å². The Labute approximate surface area is 143 Å². The molecule has 2 heterocycles. The van der Waals surface area contributed by atoms with Crippen LogP contribution >= 0.6 is 0 Å². The first kappa shape index (κ1) is 15.0. The van der Waals surface area contributed by atoms with Crippen LogP contribution in [0.3, 0.4) is 0 Å². The summed E-state index contributed by atoms with van der Waals surface area (Å²) < 4.78 is 10.8. The Hall–Kier alpha value is -3.60. The lowest BCUT2D eigenvalue weighted by atomic mass is 10.1. The van der Waals surface area contributed by atoms with Gasteiger partial charge in [-0.2, -0.15) is 4.98 Å². The Kier molecular flexibility index (Phi) is 3.88. The molecule has 0 radical (unpaired) electrons. The second-order valence-corrected chi connectivity index (χ2v) is 5.40. The van der Waals surface area contributed by atoms with Crippen molar-refractivity contribution >= 4 is 34.7 Å². The smallest absolute Gasteiger partial charge is 0.300 e. The summed E-state index contributed by atoms with van der Waals surface area (Å²) in [6.07, 6.45) is 4.70. The minimum absolute atomic E-state index is 0.0928. The molecule has 5 nitrogen and oxygen atoms in total. The van der Waals surface area contributed by atoms with Gasteiger partial charge in [0.15, 0.2) is 11.4 Å². The molecule has 4 rings (SSSR count). The van der Waals surface area contributed by atoms with Crippen molar-refractivity contribution in [1.29, 1.82) is 0 Å². The third-order valence-electron chi connectivity index (χ3n) is 3.66. The predicted molar refractivity (Wildman–Crippen MR) is 95.8 cm³/mol. The maximum absolute atomic E-state index is 12.1. The molecule has 0 amide bonds. The summed E-state index contributed by atoms with van der Waals surface area (Å²) in [5.74, 6) is 0.549. The highest BCUT2D eigenvalue weighted by Gasteiger charge is 2.06. The summed E-state index contributed by atoms with van der Waals surface area (Å²) in [6, 6.07) is 18.6. The van der Waals surface area contributed by atoms with Crippen molar-refractivity contribution in [2.75, 3.05) is 5.32 Å². The van der Waals surface area contributed by atoms with Crippen LogP contribution in [0.15, 0.2) is 81.8 Å². The van der Waals surface area contributed by atoms with Crippen molar-refractivity contribution in [3.63, 3.8) is 0 Å². The zero-order chi connectivity index (χ0) is 17.1. The number of fused-ring (bicyclic) bond motifs is 1. The molecule has 1 N–H and O–H groups in total. The molecule has 0 atom stereocenters. The van der Waals surface area contributed by atoms with Crippen LogP contribution in [0, 0.1) is 0 Å². The molecule has 0 saturated heterocycles. The Morgan fingerprint density at radius 3 is 2.60 bits per heavy atom. The molecule has 25 heavy (non-hydrogen) atoms. The van der Waals surface area contributed by atoms with E-state index in [1.54, 1.807) is 36.6 Å². The van der Waals surface area contributed by atoms with Crippen LogP contribution in [-0.4, -0.2) is 10.8 Å². The van der Waals surface area contributed by atoms with Gasteiger partial charge in [0.05, 0.1) is 6.26 Å². The Bertz CT molecular complexity index is 995. The molecule has 0 aliphatic carbocycles. The Morgan fingerprint density at radius 2 is 1.84 bits per heavy atom. The fraction of sp³-hybridized carbons (Fsp3) is 0. The van der Waals surface area contributed by atoms with Crippen molar-refractivity contribution in [1.82, 2.24) is 4.98 Å². The van der Waals surface area contributed by atoms with Gasteiger partial charge in [-0.15, -0.1) is 0 Å². The summed E-state index contributed by atoms with van der Waals surface area (Å²) in [5.41, 5.74) is 2.89. The first-order valence-electron chi connectivity index (χ1n) is 7.76. The number of benzene rings is 2. The monoisotopic (exact) mass is 330 g/mol. The molecule has 0 spiro atoms. The largest absolute Gasteiger partial charge is 0.465 e. The van der Waals surface area contributed by atoms with Gasteiger partial charge in [0, 0.05) is 11.3 Å². The molecule has 122 valence electrons. The lowest BCUT2D eigenvalue weighted by Crippen LogP contribution is -1.95. The van der Waals surface area contributed by atoms with Crippen molar-refractivity contribution in [3.8, 4) is 0 Å². The van der Waals surface area contributed by atoms with Gasteiger partial charge in [-0.25, -0.2) is 0 Å². The van der Waals surface area contributed by atoms with E-state index in [9.17, 15) is 4.79 Å². The van der Waals surface area contributed by atoms with Crippen LogP contribution in [0.4, 0.5) is 11.7 Å². The van der Waals surface area contributed by atoms with Crippen molar-refractivity contribution in [3.05, 3.63) is 84.3 Å². The SMILES string of the molecule is O=C(/C=C/c1ccco1)c1ccc(Nc2nc3ccccc3o2)cc1. The molecule has 5 heteroatoms. The van der Waals surface area contributed by atoms with E-state index in [2.05, 4.69) is 10.3 Å². The molecule has 2 aromatic carbocycles. The van der Waals surface area contributed by atoms with Gasteiger partial charge in [0.25, 0.3) is 6.01 Å². The van der Waals surface area contributed by atoms with Gasteiger partial charge >= 0.3 is 0 Å². The first-order chi connectivity index (χ1) is 12.3. The minimum Gasteiger partial charge on any atom is -0.465 e. The molecule has 4 aromatic rings. The number of anilines is 2. The lowest BCUT2D eigenvalue weighted by Gasteiger charge is -2.02. The number of ketones is 1. The molecular weight excluding hydrogens is 316 g/mol. The van der Waals surface area contributed by atoms with E-state index in [1.165, 1.54) is 6.08 Å². The number of aromatic nitrogens is 1. The van der Waals surface area contributed by atoms with Gasteiger partial charge in [0.1, 0.15) is 11.3 Å². The second kappa shape index (κ2) is 6.49. The zero-order valence-electron chi connectivity index (χ0n) is 13.2. The number of rotatable bonds is 5. The van der Waals surface area contributed by atoms with Crippen LogP contribution in [-0.2, 0) is 0 Å². The molecule has 0 saturated carbocycles. The van der Waals surface area contributed by atoms with Crippen molar-refractivity contribution in [2.45, 2.75) is 0 Å². The zero-order valence-corrected chi connectivity index (χ0v) is 13.2. The van der Waals surface area contributed by atoms with Gasteiger partial charge in [-0.1, -0.05) is 12.1 Å². The van der Waals surface area contributed by atoms with Crippen molar-refractivity contribution < 1.29 is 13.6 Å². The maximum Gasteiger partial charge on any atom is 0.300 e. The number of hydrogen-bond donors (Lipinski definition) is 1. The predicted octanol–water partition coefficient (Wildman–Crippen LogP) is 5.06. The van der Waals surface area contributed by atoms with Crippen LogP contribution in [0.2, 0.25) is 0 Å². The van der Waals surface area contributed by atoms with E-state index in [1.807, 2.05) is 36.4 Å². The highest BCUT2D eigenvalue weighted by molar-refractivity contribution is 6.06. The number of nitrogens with one attached hydrogen (secondary N) is 1. The normalized spacial score (nSPS) is 11.2. The fourth-order valence-corrected chi connectivity index (χ4v) is 2.41. The molecular formula is C20H14N2O3. The molecule has 0 unspecified atom stereocenters. The Balaban J connectivity index is 1.47. The van der Waals surface area contributed by atoms with Crippen LogP contribution < -0.4 is 5.32 Å². The number of carbonyl (C=O) groups is 1. The van der Waals surface area contributed by atoms with Gasteiger partial charge in [0.2, 0.25) is 0 Å². The first-order valence-corrected chi connectivity index (χ1v) is 7.76. The summed E-state index contributed by atoms with van der Waals surface area (Å²) >= 11 is 0. The third kappa shape index (κ3) is 3.35. The van der Waals surface area contributed by atoms with E-state index in [0.717, 1.165) is 16.8 Å². The number of para-hydroxylation sites is 2. The van der Waals surface area contributed by atoms with Crippen LogP contribution in [0.5, 0.6) is 0 Å². The second-order valence-electron chi connectivity index (χ2n) is 5.40. The average Bonchev–Trinajstić information content (AvgIpc) is 3.29. The van der Waals surface area contributed by atoms with Crippen molar-refractivity contribution in [2.24, 2.45) is 0 Å². The molecule has 0 bridgehead atoms. The number of furan rings is 1. The number of allylic oxidation sites excluding steroid dienone is 1. The number of carbonyl (C=O) groups excluding carboxylic acids is 1.